The molecule has 1 aliphatic heterocycles. The van der Waals surface area contributed by atoms with Gasteiger partial charge in [0.2, 0.25) is 0 Å². The topological polar surface area (TPSA) is 113 Å². The highest BCUT2D eigenvalue weighted by atomic mass is 79.9. The average Bonchev–Trinajstić information content (AvgIpc) is 3.10. The molecule has 3 aromatic carbocycles. The number of carbonyl (C=O) groups excluding carboxylic acids is 2. The van der Waals surface area contributed by atoms with Crippen LogP contribution in [0.25, 0.3) is 11.0 Å². The quantitative estimate of drug-likeness (QED) is 0.284. The molecule has 0 bridgehead atoms. The van der Waals surface area contributed by atoms with Crippen molar-refractivity contribution in [2.75, 3.05) is 4.90 Å². The molecule has 0 radical (unpaired) electrons. The fourth-order valence-corrected chi connectivity index (χ4v) is 5.41. The third-order valence-corrected chi connectivity index (χ3v) is 7.19. The zero-order valence-electron chi connectivity index (χ0n) is 22.2. The molecule has 9 heteroatoms. The van der Waals surface area contributed by atoms with Gasteiger partial charge in [0.05, 0.1) is 12.2 Å². The molecular weight excluding hydrogens is 574 g/mol. The number of fused-ring (bicyclic) bond motifs is 2. The van der Waals surface area contributed by atoms with Crippen LogP contribution in [0.3, 0.4) is 0 Å². The van der Waals surface area contributed by atoms with Gasteiger partial charge >= 0.3 is 11.7 Å². The van der Waals surface area contributed by atoms with Crippen LogP contribution in [0.2, 0.25) is 0 Å². The Morgan fingerprint density at radius 1 is 1.07 bits per heavy atom. The molecule has 0 spiro atoms. The van der Waals surface area contributed by atoms with E-state index in [2.05, 4.69) is 21.2 Å². The van der Waals surface area contributed by atoms with E-state index in [1.54, 1.807) is 62.1 Å². The number of para-hydroxylation sites is 1. The summed E-state index contributed by atoms with van der Waals surface area (Å²) < 4.78 is 11.7. The van der Waals surface area contributed by atoms with Crippen molar-refractivity contribution in [1.82, 2.24) is 5.32 Å². The monoisotopic (exact) mass is 599 g/mol. The number of nitrogens with zero attached hydrogens (tertiary/aromatic N) is 2. The maximum absolute atomic E-state index is 14.6. The summed E-state index contributed by atoms with van der Waals surface area (Å²) in [6.45, 7) is 5.42. The van der Waals surface area contributed by atoms with Crippen LogP contribution in [0.5, 0.6) is 0 Å². The molecule has 8 nitrogen and oxygen atoms in total. The maximum Gasteiger partial charge on any atom is 0.408 e. The van der Waals surface area contributed by atoms with Crippen molar-refractivity contribution < 1.29 is 18.7 Å². The number of nitriles is 1. The van der Waals surface area contributed by atoms with Crippen molar-refractivity contribution >= 4 is 44.6 Å². The molecule has 1 atom stereocenters. The third-order valence-electron chi connectivity index (χ3n) is 6.69. The van der Waals surface area contributed by atoms with E-state index in [4.69, 9.17) is 9.15 Å². The largest absolute Gasteiger partial charge is 0.444 e. The number of hydrogen-bond acceptors (Lipinski definition) is 6. The van der Waals surface area contributed by atoms with E-state index in [9.17, 15) is 19.6 Å². The lowest BCUT2D eigenvalue weighted by Crippen LogP contribution is -2.55. The highest BCUT2D eigenvalue weighted by molar-refractivity contribution is 9.10. The Bertz CT molecular complexity index is 1740. The molecule has 1 aromatic heterocycles. The van der Waals surface area contributed by atoms with Crippen LogP contribution < -0.4 is 15.8 Å². The first-order valence-corrected chi connectivity index (χ1v) is 13.4. The molecular formula is C31H26BrN3O5. The second kappa shape index (κ2) is 10.3. The molecule has 2 amide bonds. The number of amides is 2. The van der Waals surface area contributed by atoms with E-state index in [0.717, 1.165) is 10.0 Å². The van der Waals surface area contributed by atoms with Crippen LogP contribution in [0.4, 0.5) is 10.5 Å². The van der Waals surface area contributed by atoms with E-state index >= 15 is 0 Å². The van der Waals surface area contributed by atoms with Crippen molar-refractivity contribution in [2.45, 2.75) is 44.9 Å². The Morgan fingerprint density at radius 2 is 1.77 bits per heavy atom. The lowest BCUT2D eigenvalue weighted by molar-refractivity contribution is -0.124. The number of anilines is 1. The molecule has 1 aliphatic rings. The summed E-state index contributed by atoms with van der Waals surface area (Å²) in [4.78, 5) is 42.4. The van der Waals surface area contributed by atoms with Gasteiger partial charge in [0, 0.05) is 21.8 Å². The third kappa shape index (κ3) is 4.98. The maximum atomic E-state index is 14.6. The first kappa shape index (κ1) is 27.2. The zero-order chi connectivity index (χ0) is 28.7. The lowest BCUT2D eigenvalue weighted by atomic mass is 9.82. The number of ether oxygens (including phenoxy) is 1. The Balaban J connectivity index is 1.74. The van der Waals surface area contributed by atoms with E-state index < -0.39 is 28.8 Å². The molecule has 0 saturated carbocycles. The van der Waals surface area contributed by atoms with Crippen LogP contribution in [0.1, 0.15) is 43.0 Å². The minimum Gasteiger partial charge on any atom is -0.444 e. The predicted octanol–water partition coefficient (Wildman–Crippen LogP) is 5.94. The summed E-state index contributed by atoms with van der Waals surface area (Å²) in [6, 6.07) is 23.6. The van der Waals surface area contributed by atoms with Crippen molar-refractivity contribution in [3.8, 4) is 6.07 Å². The van der Waals surface area contributed by atoms with Gasteiger partial charge in [0.15, 0.2) is 5.54 Å². The van der Waals surface area contributed by atoms with E-state index in [1.165, 1.54) is 0 Å². The summed E-state index contributed by atoms with van der Waals surface area (Å²) in [5.74, 6) is -0.420. The first-order chi connectivity index (χ1) is 19.0. The Labute approximate surface area is 239 Å². The van der Waals surface area contributed by atoms with Gasteiger partial charge in [-0.25, -0.2) is 9.59 Å². The summed E-state index contributed by atoms with van der Waals surface area (Å²) in [6.07, 6.45) is -0.984. The Hall–Kier alpha value is -4.42. The van der Waals surface area contributed by atoms with Crippen molar-refractivity contribution in [3.05, 3.63) is 110 Å². The molecule has 0 unspecified atom stereocenters. The minimum atomic E-state index is -1.69. The summed E-state index contributed by atoms with van der Waals surface area (Å²) >= 11 is 3.51. The standard InChI is InChI=1S/C31H26BrN3O5/c1-30(2,3)40-29(38)34-31(16-22-21-11-7-8-12-26(21)39-27(36)23(22)17-33)24-14-13-20(32)15-25(24)35(28(31)37)18-19-9-5-4-6-10-19/h4-15H,16,18H2,1-3H3,(H,34,38)/t31-/m0/s1. The smallest absolute Gasteiger partial charge is 0.408 e. The van der Waals surface area contributed by atoms with Crippen molar-refractivity contribution in [3.63, 3.8) is 0 Å². The molecule has 5 rings (SSSR count). The van der Waals surface area contributed by atoms with Crippen molar-refractivity contribution in [2.24, 2.45) is 0 Å². The van der Waals surface area contributed by atoms with Gasteiger partial charge in [0.1, 0.15) is 22.8 Å². The van der Waals surface area contributed by atoms with Gasteiger partial charge in [-0.1, -0.05) is 70.5 Å². The second-order valence-electron chi connectivity index (χ2n) is 10.6. The number of nitrogens with one attached hydrogen (secondary N) is 1. The summed E-state index contributed by atoms with van der Waals surface area (Å²) in [5.41, 5.74) is -0.992. The molecule has 202 valence electrons. The lowest BCUT2D eigenvalue weighted by Gasteiger charge is -2.32. The fraction of sp³-hybridized carbons (Fsp3) is 0.226. The van der Waals surface area contributed by atoms with Crippen molar-refractivity contribution in [1.29, 1.82) is 5.26 Å². The van der Waals surface area contributed by atoms with Gasteiger partial charge in [0.25, 0.3) is 5.91 Å². The second-order valence-corrected chi connectivity index (χ2v) is 11.5. The minimum absolute atomic E-state index is 0.181. The highest BCUT2D eigenvalue weighted by Gasteiger charge is 2.53. The number of rotatable bonds is 5. The van der Waals surface area contributed by atoms with Crippen LogP contribution in [0, 0.1) is 11.3 Å². The van der Waals surface area contributed by atoms with Gasteiger partial charge in [-0.2, -0.15) is 5.26 Å². The zero-order valence-corrected chi connectivity index (χ0v) is 23.7. The van der Waals surface area contributed by atoms with Crippen LogP contribution in [-0.2, 0) is 28.0 Å². The van der Waals surface area contributed by atoms with Gasteiger partial charge in [-0.15, -0.1) is 0 Å². The molecule has 40 heavy (non-hydrogen) atoms. The number of alkyl carbamates (subject to hydrolysis) is 1. The van der Waals surface area contributed by atoms with Gasteiger partial charge in [-0.3, -0.25) is 4.79 Å². The van der Waals surface area contributed by atoms with Crippen LogP contribution in [-0.4, -0.2) is 17.6 Å². The molecule has 0 saturated heterocycles. The number of halogens is 1. The summed E-state index contributed by atoms with van der Waals surface area (Å²) in [7, 11) is 0. The van der Waals surface area contributed by atoms with Gasteiger partial charge < -0.3 is 19.4 Å². The number of carbonyl (C=O) groups is 2. The molecule has 0 aliphatic carbocycles. The Kier molecular flexibility index (Phi) is 6.98. The fourth-order valence-electron chi connectivity index (χ4n) is 5.06. The van der Waals surface area contributed by atoms with E-state index in [0.29, 0.717) is 22.2 Å². The van der Waals surface area contributed by atoms with E-state index in [-0.39, 0.29) is 24.1 Å². The summed E-state index contributed by atoms with van der Waals surface area (Å²) in [5, 5.41) is 13.3. The average molecular weight is 600 g/mol. The highest BCUT2D eigenvalue weighted by Crippen LogP contribution is 2.45. The predicted molar refractivity (Wildman–Crippen MR) is 154 cm³/mol. The Morgan fingerprint density at radius 3 is 2.48 bits per heavy atom. The van der Waals surface area contributed by atoms with Gasteiger partial charge in [-0.05, 0) is 50.1 Å². The number of benzene rings is 3. The SMILES string of the molecule is CC(C)(C)OC(=O)N[C@]1(Cc2c(C#N)c(=O)oc3ccccc23)C(=O)N(Cc2ccccc2)c2cc(Br)ccc21. The number of hydrogen-bond donors (Lipinski definition) is 1. The molecule has 2 heterocycles. The first-order valence-electron chi connectivity index (χ1n) is 12.6. The molecule has 1 N–H and O–H groups in total. The van der Waals surface area contributed by atoms with Crippen LogP contribution in [0.15, 0.2) is 86.5 Å². The molecule has 0 fully saturated rings. The van der Waals surface area contributed by atoms with E-state index in [1.807, 2.05) is 42.5 Å². The van der Waals surface area contributed by atoms with Crippen LogP contribution >= 0.6 is 15.9 Å². The normalized spacial score (nSPS) is 16.5. The molecule has 4 aromatic rings.